The third-order valence-electron chi connectivity index (χ3n) is 13.1. The fourth-order valence-corrected chi connectivity index (χ4v) is 19.0. The minimum absolute atomic E-state index is 0. The third kappa shape index (κ3) is 12.8. The summed E-state index contributed by atoms with van der Waals surface area (Å²) in [6.07, 6.45) is 0.485. The first kappa shape index (κ1) is 63.0. The van der Waals surface area contributed by atoms with Gasteiger partial charge in [0.1, 0.15) is 27.5 Å². The number of piperidine rings is 1. The fourth-order valence-electron chi connectivity index (χ4n) is 8.77. The van der Waals surface area contributed by atoms with Crippen LogP contribution in [0.3, 0.4) is 0 Å². The van der Waals surface area contributed by atoms with Gasteiger partial charge in [-0.2, -0.15) is 17.5 Å². The summed E-state index contributed by atoms with van der Waals surface area (Å²) in [5, 5.41) is 3.69. The van der Waals surface area contributed by atoms with Crippen LogP contribution in [0.4, 0.5) is 34.1 Å². The Balaban J connectivity index is 0.0000101. The van der Waals surface area contributed by atoms with Crippen molar-refractivity contribution in [1.82, 2.24) is 4.31 Å². The number of rotatable bonds is 16. The third-order valence-corrected chi connectivity index (χ3v) is 24.9. The number of nitrogens with zero attached hydrogens (tertiary/aromatic N) is 2. The minimum Gasteiger partial charge on any atom is -0.462 e. The second-order valence-corrected chi connectivity index (χ2v) is 30.3. The standard InChI is InChI=1S/C49H50F4N4O15S6.Li/c1-9-48(6,7)46(58)71-34-20-22-57(23-21-34)77(67,68)42-13-11-10-12-38(42)43-36-17-15-32(54-44-29(3)24-35(25-30(44)4)74(61,62)47(73(8,59)60)75(63,64)49(50,51)52)26-39(36)72-40-27-33(16-18-37(40)43)55-45-28(2)14-19-41(31(45)5)76(65,66)56-78(53,69)70;/h10-19,24-27,34H,9,20-23H2,1-8H3,(H,54,55);/q-2;+1/p+1. The number of sulfone groups is 3. The van der Waals surface area contributed by atoms with Crippen LogP contribution in [0.15, 0.2) is 104 Å². The first-order chi connectivity index (χ1) is 35.8. The van der Waals surface area contributed by atoms with Crippen LogP contribution >= 0.6 is 0 Å². The van der Waals surface area contributed by atoms with Gasteiger partial charge in [-0.15, -0.1) is 3.89 Å². The Hall–Kier alpha value is -5.22. The van der Waals surface area contributed by atoms with Crippen molar-refractivity contribution in [2.75, 3.05) is 24.7 Å². The number of halogens is 4. The number of esters is 1. The summed E-state index contributed by atoms with van der Waals surface area (Å²) in [6.45, 7) is 11.0. The number of fused-ring (bicyclic) bond motifs is 2. The van der Waals surface area contributed by atoms with Gasteiger partial charge in [0.2, 0.25) is 31.5 Å². The first-order valence-electron chi connectivity index (χ1n) is 23.3. The molecule has 422 valence electrons. The van der Waals surface area contributed by atoms with Gasteiger partial charge in [-0.3, -0.25) is 30.0 Å². The molecule has 0 aromatic heterocycles. The quantitative estimate of drug-likeness (QED) is 0.0344. The van der Waals surface area contributed by atoms with E-state index >= 15 is 0 Å². The van der Waals surface area contributed by atoms with Crippen molar-refractivity contribution >= 4 is 94.0 Å². The average molecular weight is 1210 g/mol. The van der Waals surface area contributed by atoms with E-state index < -0.39 is 96.7 Å². The van der Waals surface area contributed by atoms with Crippen molar-refractivity contribution in [3.63, 3.8) is 0 Å². The summed E-state index contributed by atoms with van der Waals surface area (Å²) < 4.78 is 222. The van der Waals surface area contributed by atoms with Gasteiger partial charge in [0, 0.05) is 81.0 Å². The van der Waals surface area contributed by atoms with E-state index in [2.05, 4.69) is 14.4 Å². The number of alkyl halides is 3. The largest absolute Gasteiger partial charge is 1.00 e. The Morgan fingerprint density at radius 1 is 0.797 bits per heavy atom. The van der Waals surface area contributed by atoms with E-state index in [0.717, 1.165) is 18.2 Å². The van der Waals surface area contributed by atoms with E-state index in [1.165, 1.54) is 49.3 Å². The molecular weight excluding hydrogens is 1160 g/mol. The molecule has 3 aliphatic rings. The van der Waals surface area contributed by atoms with Crippen LogP contribution in [-0.4, -0.2) is 91.7 Å². The van der Waals surface area contributed by atoms with Gasteiger partial charge in [-0.1, -0.05) is 31.2 Å². The number of carbonyl (C=O) groups excluding carboxylic acids is 1. The van der Waals surface area contributed by atoms with Crippen LogP contribution in [0.5, 0.6) is 0 Å². The molecule has 0 bridgehead atoms. The first-order valence-corrected chi connectivity index (χ1v) is 32.4. The normalized spacial score (nSPS) is 15.1. The van der Waals surface area contributed by atoms with Gasteiger partial charge in [0.15, 0.2) is 9.84 Å². The second-order valence-electron chi connectivity index (χ2n) is 19.1. The zero-order valence-corrected chi connectivity index (χ0v) is 48.6. The molecule has 7 rings (SSSR count). The van der Waals surface area contributed by atoms with Crippen LogP contribution in [0, 0.1) is 37.0 Å². The summed E-state index contributed by atoms with van der Waals surface area (Å²) in [4.78, 5) is 14.2. The number of carbonyl (C=O) groups is 1. The van der Waals surface area contributed by atoms with Crippen LogP contribution in [0.2, 0.25) is 0 Å². The Morgan fingerprint density at radius 2 is 1.41 bits per heavy atom. The molecule has 0 atom stereocenters. The number of nitrogens with one attached hydrogen (secondary N) is 2. The van der Waals surface area contributed by atoms with Gasteiger partial charge in [0.25, 0.3) is 0 Å². The molecule has 79 heavy (non-hydrogen) atoms. The maximum atomic E-state index is 14.8. The molecule has 0 amide bonds. The zero-order valence-electron chi connectivity index (χ0n) is 43.7. The number of hydrogen-bond donors (Lipinski definition) is 2. The predicted molar refractivity (Wildman–Crippen MR) is 280 cm³/mol. The summed E-state index contributed by atoms with van der Waals surface area (Å²) in [5.74, 6) is -0.297. The van der Waals surface area contributed by atoms with Gasteiger partial charge >= 0.3 is 30.3 Å². The van der Waals surface area contributed by atoms with Crippen LogP contribution in [0.25, 0.3) is 37.5 Å². The minimum atomic E-state index is -6.90. The fraction of sp³-hybridized carbons (Fsp3) is 0.327. The molecule has 0 unspecified atom stereocenters. The predicted octanol–water partition coefficient (Wildman–Crippen LogP) is 4.11. The number of anilines is 2. The van der Waals surface area contributed by atoms with E-state index in [-0.39, 0.29) is 112 Å². The van der Waals surface area contributed by atoms with Crippen molar-refractivity contribution < 1.29 is 105 Å². The average Bonchev–Trinajstić information content (AvgIpc) is 3.47. The summed E-state index contributed by atoms with van der Waals surface area (Å²) in [7, 11) is -33.5. The summed E-state index contributed by atoms with van der Waals surface area (Å²) >= 11 is 0. The van der Waals surface area contributed by atoms with E-state index in [1.807, 2.05) is 6.92 Å². The molecule has 1 saturated heterocycles. The molecule has 2 N–H and O–H groups in total. The molecule has 30 heteroatoms. The van der Waals surface area contributed by atoms with Gasteiger partial charge in [-0.25, -0.2) is 30.2 Å². The van der Waals surface area contributed by atoms with Crippen LogP contribution in [-0.2, 0) is 69.5 Å². The van der Waals surface area contributed by atoms with Crippen molar-refractivity contribution in [3.05, 3.63) is 121 Å². The van der Waals surface area contributed by atoms with Crippen molar-refractivity contribution in [2.24, 2.45) is 5.41 Å². The summed E-state index contributed by atoms with van der Waals surface area (Å²) in [5.41, 5.74) is -4.99. The molecule has 4 aromatic carbocycles. The Kier molecular flexibility index (Phi) is 17.7. The van der Waals surface area contributed by atoms with Gasteiger partial charge < -0.3 is 18.6 Å². The molecule has 2 heterocycles. The molecule has 0 saturated carbocycles. The molecule has 0 spiro atoms. The van der Waals surface area contributed by atoms with E-state index in [9.17, 15) is 72.4 Å². The number of ether oxygens (including phenoxy) is 1. The van der Waals surface area contributed by atoms with Crippen LogP contribution < -0.4 is 34.5 Å². The topological polar surface area (TPSA) is 288 Å². The molecule has 1 aliphatic carbocycles. The van der Waals surface area contributed by atoms with Crippen molar-refractivity contribution in [2.45, 2.75) is 94.0 Å². The van der Waals surface area contributed by atoms with E-state index in [4.69, 9.17) is 9.15 Å². The number of hydrogen-bond acceptors (Lipinski definition) is 16. The number of aryl methyl sites for hydroxylation is 3. The Labute approximate surface area is 467 Å². The molecule has 19 nitrogen and oxygen atoms in total. The van der Waals surface area contributed by atoms with Crippen molar-refractivity contribution in [3.8, 4) is 22.5 Å². The molecule has 1 fully saturated rings. The number of sulfonamides is 2. The Morgan fingerprint density at radius 3 is 1.97 bits per heavy atom. The maximum absolute atomic E-state index is 14.8. The summed E-state index contributed by atoms with van der Waals surface area (Å²) in [6, 6.07) is 19.5. The molecule has 4 aromatic rings. The molecule has 2 aliphatic heterocycles. The smallest absolute Gasteiger partial charge is 0.462 e. The maximum Gasteiger partial charge on any atom is 1.00 e. The van der Waals surface area contributed by atoms with Crippen molar-refractivity contribution in [1.29, 1.82) is 0 Å². The van der Waals surface area contributed by atoms with E-state index in [1.54, 1.807) is 63.2 Å². The van der Waals surface area contributed by atoms with Gasteiger partial charge in [-0.05, 0) is 114 Å². The number of benzene rings is 5. The monoisotopic (exact) mass is 1210 g/mol. The molecule has 0 radical (unpaired) electrons. The Bertz CT molecular complexity index is 4160. The van der Waals surface area contributed by atoms with E-state index in [0.29, 0.717) is 28.5 Å². The zero-order chi connectivity index (χ0) is 58.1. The molecular formula is C49H51F4LiN4O15S6. The second kappa shape index (κ2) is 22.3. The SMILES string of the molecule is CCC(C)(C)C(=O)OC1CCN(S(=O)(=O)c2ccccc2-c2c3ccc(=[NH+]c4c(C)cc(S(=O)(=O)[C-](S(C)(=O)=O)S(=O)(=O)C(F)(F)F)cc4C)cc-3oc3cc(Nc4c(C)ccc(S(=O)(=O)[N-]S(=O)(=O)F)c4C)ccc23)CC1.[Li+]. The van der Waals surface area contributed by atoms with Crippen LogP contribution in [0.1, 0.15) is 62.3 Å². The van der Waals surface area contributed by atoms with Gasteiger partial charge in [0.05, 0.1) is 44.9 Å².